The molecule has 3 saturated carbocycles. The second-order valence-corrected chi connectivity index (χ2v) is 12.5. The van der Waals surface area contributed by atoms with E-state index in [4.69, 9.17) is 9.57 Å². The summed E-state index contributed by atoms with van der Waals surface area (Å²) in [5.41, 5.74) is -5.93. The number of ether oxygens (including phenoxy) is 1. The Morgan fingerprint density at radius 1 is 1.10 bits per heavy atom. The van der Waals surface area contributed by atoms with Crippen molar-refractivity contribution in [3.8, 4) is 11.8 Å². The summed E-state index contributed by atoms with van der Waals surface area (Å²) in [6.45, 7) is 4.10. The van der Waals surface area contributed by atoms with Crippen LogP contribution in [0.1, 0.15) is 59.3 Å². The predicted molar refractivity (Wildman–Crippen MR) is 142 cm³/mol. The van der Waals surface area contributed by atoms with E-state index in [1.165, 1.54) is 18.2 Å². The highest BCUT2D eigenvalue weighted by Gasteiger charge is 2.77. The summed E-state index contributed by atoms with van der Waals surface area (Å²) in [4.78, 5) is 55.9. The first-order chi connectivity index (χ1) is 19.7. The van der Waals surface area contributed by atoms with E-state index in [0.717, 1.165) is 12.1 Å². The van der Waals surface area contributed by atoms with Crippen molar-refractivity contribution < 1.29 is 53.6 Å². The minimum absolute atomic E-state index is 0.237. The number of rotatable bonds is 7. The number of hydrogen-bond acceptors (Lipinski definition) is 10. The predicted octanol–water partition coefficient (Wildman–Crippen LogP) is 2.09. The van der Waals surface area contributed by atoms with Crippen LogP contribution in [-0.2, 0) is 23.9 Å². The number of nitrogens with zero attached hydrogens (tertiary/aromatic N) is 1. The fraction of sp³-hybridized carbons (Fsp3) is 0.600. The molecule has 4 N–H and O–H groups in total. The van der Waals surface area contributed by atoms with Gasteiger partial charge in [-0.05, 0) is 50.7 Å². The Balaban J connectivity index is 1.42. The van der Waals surface area contributed by atoms with Crippen LogP contribution in [0.25, 0.3) is 0 Å². The fourth-order valence-corrected chi connectivity index (χ4v) is 8.59. The summed E-state index contributed by atoms with van der Waals surface area (Å²) in [5.74, 6) is -5.91. The van der Waals surface area contributed by atoms with Crippen LogP contribution in [0.4, 0.5) is 4.39 Å². The minimum atomic E-state index is -2.15. The summed E-state index contributed by atoms with van der Waals surface area (Å²) >= 11 is 0. The van der Waals surface area contributed by atoms with Crippen LogP contribution in [0.3, 0.4) is 0 Å². The van der Waals surface area contributed by atoms with Gasteiger partial charge in [0.1, 0.15) is 6.61 Å². The Bertz CT molecular complexity index is 1380. The molecule has 1 heterocycles. The average molecular weight is 590 g/mol. The molecule has 42 heavy (non-hydrogen) atoms. The van der Waals surface area contributed by atoms with Crippen LogP contribution in [0.5, 0.6) is 11.8 Å². The smallest absolute Gasteiger partial charge is 0.333 e. The van der Waals surface area contributed by atoms with Crippen molar-refractivity contribution in [2.45, 2.75) is 76.7 Å². The normalized spacial score (nSPS) is 38.6. The summed E-state index contributed by atoms with van der Waals surface area (Å²) in [5, 5.41) is 40.9. The monoisotopic (exact) mass is 589 g/mol. The van der Waals surface area contributed by atoms with Gasteiger partial charge in [0.05, 0.1) is 18.9 Å². The topological polar surface area (TPSA) is 173 Å². The van der Waals surface area contributed by atoms with E-state index >= 15 is 4.39 Å². The van der Waals surface area contributed by atoms with Gasteiger partial charge in [-0.2, -0.15) is 0 Å². The molecule has 5 rings (SSSR count). The van der Waals surface area contributed by atoms with Crippen molar-refractivity contribution >= 4 is 23.5 Å². The Labute approximate surface area is 241 Å². The molecular formula is C30H36FNO10. The van der Waals surface area contributed by atoms with Crippen molar-refractivity contribution in [1.29, 1.82) is 0 Å². The molecule has 0 amide bonds. The van der Waals surface area contributed by atoms with Gasteiger partial charge in [-0.1, -0.05) is 25.5 Å². The molecule has 1 aromatic heterocycles. The highest BCUT2D eigenvalue weighted by Crippen LogP contribution is 2.71. The highest BCUT2D eigenvalue weighted by atomic mass is 19.1. The van der Waals surface area contributed by atoms with Gasteiger partial charge in [0.2, 0.25) is 17.5 Å². The molecule has 0 saturated heterocycles. The molecule has 1 aromatic rings. The van der Waals surface area contributed by atoms with E-state index in [0.29, 0.717) is 23.1 Å². The van der Waals surface area contributed by atoms with Gasteiger partial charge in [0, 0.05) is 34.8 Å². The molecule has 0 aliphatic heterocycles. The summed E-state index contributed by atoms with van der Waals surface area (Å²) in [6.07, 6.45) is 2.41. The Morgan fingerprint density at radius 3 is 2.38 bits per heavy atom. The molecule has 0 spiro atoms. The summed E-state index contributed by atoms with van der Waals surface area (Å²) < 4.78 is 23.8. The van der Waals surface area contributed by atoms with Crippen LogP contribution in [0.15, 0.2) is 35.9 Å². The fourth-order valence-electron chi connectivity index (χ4n) is 8.59. The number of aliphatic hydroxyl groups is 2. The molecule has 3 fully saturated rings. The van der Waals surface area contributed by atoms with Crippen LogP contribution in [0.2, 0.25) is 0 Å². The molecule has 2 unspecified atom stereocenters. The van der Waals surface area contributed by atoms with Gasteiger partial charge < -0.3 is 30.0 Å². The van der Waals surface area contributed by atoms with Gasteiger partial charge in [-0.3, -0.25) is 14.4 Å². The SMILES string of the molecule is C[C@@H]1CC2C3CCC4=CC(=O)C=C[C@]4(C)[C@@]3(F)[C@@H](O)C[C@]2(C)[C@@]1(OC(=O)CCC(=O)On1c(O)ccc1O)C(=O)CO. The Kier molecular flexibility index (Phi) is 7.17. The lowest BCUT2D eigenvalue weighted by Crippen LogP contribution is -2.70. The second-order valence-electron chi connectivity index (χ2n) is 12.5. The first kappa shape index (κ1) is 30.0. The maximum atomic E-state index is 17.4. The lowest BCUT2D eigenvalue weighted by atomic mass is 9.44. The summed E-state index contributed by atoms with van der Waals surface area (Å²) in [6, 6.07) is 2.19. The lowest BCUT2D eigenvalue weighted by Gasteiger charge is -2.62. The molecule has 0 radical (unpaired) electrons. The van der Waals surface area contributed by atoms with E-state index in [1.54, 1.807) is 20.8 Å². The molecule has 8 atom stereocenters. The van der Waals surface area contributed by atoms with Crippen molar-refractivity contribution in [3.05, 3.63) is 35.9 Å². The number of aromatic nitrogens is 1. The van der Waals surface area contributed by atoms with Crippen LogP contribution < -0.4 is 4.84 Å². The van der Waals surface area contributed by atoms with Gasteiger partial charge in [0.25, 0.3) is 0 Å². The van der Waals surface area contributed by atoms with Gasteiger partial charge in [-0.15, -0.1) is 4.73 Å². The van der Waals surface area contributed by atoms with E-state index in [9.17, 15) is 39.6 Å². The number of alkyl halides is 1. The number of halogens is 1. The van der Waals surface area contributed by atoms with Crippen molar-refractivity contribution in [1.82, 2.24) is 4.73 Å². The first-order valence-corrected chi connectivity index (χ1v) is 14.1. The third-order valence-corrected chi connectivity index (χ3v) is 10.5. The highest BCUT2D eigenvalue weighted by molar-refractivity contribution is 6.01. The maximum absolute atomic E-state index is 17.4. The maximum Gasteiger partial charge on any atom is 0.333 e. The number of Topliss-reactive ketones (excluding diaryl/α,β-unsaturated/α-hetero) is 1. The molecule has 4 aliphatic rings. The number of fused-ring (bicyclic) bond motifs is 5. The van der Waals surface area contributed by atoms with Crippen LogP contribution in [0, 0.1) is 28.6 Å². The quantitative estimate of drug-likeness (QED) is 0.345. The lowest BCUT2D eigenvalue weighted by molar-refractivity contribution is -0.228. The number of aliphatic hydroxyl groups excluding tert-OH is 2. The number of carbonyl (C=O) groups is 4. The van der Waals surface area contributed by atoms with E-state index in [2.05, 4.69) is 0 Å². The zero-order valence-electron chi connectivity index (χ0n) is 23.7. The zero-order chi connectivity index (χ0) is 30.8. The number of aromatic hydroxyl groups is 2. The molecule has 4 aliphatic carbocycles. The molecule has 11 nitrogen and oxygen atoms in total. The average Bonchev–Trinajstić information content (AvgIpc) is 3.36. The zero-order valence-corrected chi connectivity index (χ0v) is 23.7. The molecule has 228 valence electrons. The van der Waals surface area contributed by atoms with Crippen LogP contribution >= 0.6 is 0 Å². The number of esters is 1. The second kappa shape index (κ2) is 10.0. The molecule has 12 heteroatoms. The Morgan fingerprint density at radius 2 is 1.74 bits per heavy atom. The van der Waals surface area contributed by atoms with Gasteiger partial charge in [-0.25, -0.2) is 9.18 Å². The Hall–Kier alpha value is -3.51. The molecule has 0 bridgehead atoms. The van der Waals surface area contributed by atoms with E-state index in [1.807, 2.05) is 0 Å². The van der Waals surface area contributed by atoms with E-state index < -0.39 is 94.9 Å². The standard InChI is InChI=1S/C30H36FNO10/c1-16-12-20-19-5-4-17-13-18(34)10-11-27(17,2)29(19,31)21(35)14-28(20,3)30(16,22(36)15-33)41-25(39)8-9-26(40)42-32-23(37)6-7-24(32)38/h6-7,10-11,13,16,19-21,33,35,37-38H,4-5,8-9,12,14-15H2,1-3H3/t16-,19?,20?,21+,27+,28+,29+,30+/m1/s1. The minimum Gasteiger partial charge on any atom is -0.492 e. The number of hydrogen-bond donors (Lipinski definition) is 4. The van der Waals surface area contributed by atoms with Crippen LogP contribution in [-0.4, -0.2) is 72.6 Å². The molecular weight excluding hydrogens is 553 g/mol. The third-order valence-electron chi connectivity index (χ3n) is 10.5. The van der Waals surface area contributed by atoms with Crippen molar-refractivity contribution in [2.24, 2.45) is 28.6 Å². The number of allylic oxidation sites excluding steroid dienone is 4. The van der Waals surface area contributed by atoms with Crippen molar-refractivity contribution in [3.63, 3.8) is 0 Å². The largest absolute Gasteiger partial charge is 0.492 e. The van der Waals surface area contributed by atoms with Gasteiger partial charge in [0.15, 0.2) is 17.1 Å². The number of ketones is 2. The van der Waals surface area contributed by atoms with Gasteiger partial charge >= 0.3 is 11.9 Å². The third kappa shape index (κ3) is 3.98. The van der Waals surface area contributed by atoms with E-state index in [-0.39, 0.29) is 18.6 Å². The molecule has 0 aromatic carbocycles. The summed E-state index contributed by atoms with van der Waals surface area (Å²) in [7, 11) is 0. The number of carbonyl (C=O) groups excluding carboxylic acids is 4. The van der Waals surface area contributed by atoms with Crippen molar-refractivity contribution in [2.75, 3.05) is 6.61 Å². The first-order valence-electron chi connectivity index (χ1n) is 14.1.